The normalized spacial score (nSPS) is 12.0. The molecule has 0 unspecified atom stereocenters. The molecule has 3 rings (SSSR count). The smallest absolute Gasteiger partial charge is 0.453 e. The first kappa shape index (κ1) is 20.5. The van der Waals surface area contributed by atoms with Crippen LogP contribution in [0.15, 0.2) is 51.7 Å². The van der Waals surface area contributed by atoms with Crippen LogP contribution in [-0.4, -0.2) is 21.8 Å². The summed E-state index contributed by atoms with van der Waals surface area (Å²) in [5.41, 5.74) is -1.59. The Balaban J connectivity index is 2.16. The van der Waals surface area contributed by atoms with Crippen molar-refractivity contribution in [3.63, 3.8) is 0 Å². The number of hydrogen-bond acceptors (Lipinski definition) is 7. The highest BCUT2D eigenvalue weighted by Crippen LogP contribution is 2.38. The van der Waals surface area contributed by atoms with E-state index in [9.17, 15) is 26.4 Å². The van der Waals surface area contributed by atoms with E-state index >= 15 is 0 Å². The lowest BCUT2D eigenvalue weighted by atomic mass is 10.2. The van der Waals surface area contributed by atoms with Gasteiger partial charge in [-0.2, -0.15) is 21.6 Å². The van der Waals surface area contributed by atoms with Crippen LogP contribution in [0.1, 0.15) is 5.76 Å². The molecular formula is C18H13F3O7S. The molecule has 0 aliphatic rings. The molecule has 11 heteroatoms. The van der Waals surface area contributed by atoms with Crippen molar-refractivity contribution in [3.05, 3.63) is 58.4 Å². The van der Waals surface area contributed by atoms with Gasteiger partial charge in [0.25, 0.3) is 5.76 Å². The molecule has 154 valence electrons. The zero-order valence-electron chi connectivity index (χ0n) is 14.9. The van der Waals surface area contributed by atoms with E-state index in [2.05, 4.69) is 4.18 Å². The van der Waals surface area contributed by atoms with Gasteiger partial charge in [-0.25, -0.2) is 0 Å². The van der Waals surface area contributed by atoms with Gasteiger partial charge in [0.05, 0.1) is 18.8 Å². The number of hydrogen-bond donors (Lipinski definition) is 0. The SMILES string of the molecule is COc1ccc(Oc2c(C(F)(F)F)oc3cc(OS(C)(=O)=O)ccc3c2=O)cc1. The summed E-state index contributed by atoms with van der Waals surface area (Å²) in [4.78, 5) is 12.7. The molecular weight excluding hydrogens is 417 g/mol. The summed E-state index contributed by atoms with van der Waals surface area (Å²) < 4.78 is 82.5. The highest BCUT2D eigenvalue weighted by molar-refractivity contribution is 7.86. The minimum absolute atomic E-state index is 0.0417. The quantitative estimate of drug-likeness (QED) is 0.566. The van der Waals surface area contributed by atoms with Crippen molar-refractivity contribution in [2.75, 3.05) is 13.4 Å². The number of benzene rings is 2. The van der Waals surface area contributed by atoms with Crippen LogP contribution in [0.5, 0.6) is 23.0 Å². The maximum absolute atomic E-state index is 13.5. The van der Waals surface area contributed by atoms with Crippen molar-refractivity contribution < 1.29 is 39.7 Å². The van der Waals surface area contributed by atoms with Crippen LogP contribution in [0.3, 0.4) is 0 Å². The molecule has 0 aliphatic carbocycles. The average Bonchev–Trinajstić information content (AvgIpc) is 2.62. The molecule has 0 saturated heterocycles. The molecule has 0 atom stereocenters. The molecule has 7 nitrogen and oxygen atoms in total. The number of rotatable bonds is 5. The van der Waals surface area contributed by atoms with Crippen molar-refractivity contribution in [2.24, 2.45) is 0 Å². The molecule has 1 heterocycles. The van der Waals surface area contributed by atoms with Crippen LogP contribution in [0, 0.1) is 0 Å². The van der Waals surface area contributed by atoms with Gasteiger partial charge >= 0.3 is 16.3 Å². The first-order chi connectivity index (χ1) is 13.5. The van der Waals surface area contributed by atoms with Gasteiger partial charge < -0.3 is 18.1 Å². The predicted molar refractivity (Wildman–Crippen MR) is 96.0 cm³/mol. The standard InChI is InChI=1S/C18H13F3O7S/c1-25-10-3-5-11(6-4-10)26-16-15(22)13-8-7-12(28-29(2,23)24)9-14(13)27-17(16)18(19,20)21/h3-9H,1-2H3. The summed E-state index contributed by atoms with van der Waals surface area (Å²) in [6.07, 6.45) is -4.29. The van der Waals surface area contributed by atoms with Crippen molar-refractivity contribution in [3.8, 4) is 23.0 Å². The summed E-state index contributed by atoms with van der Waals surface area (Å²) in [6, 6.07) is 8.62. The monoisotopic (exact) mass is 430 g/mol. The number of fused-ring (bicyclic) bond motifs is 1. The van der Waals surface area contributed by atoms with Gasteiger partial charge in [-0.05, 0) is 36.4 Å². The third kappa shape index (κ3) is 4.62. The summed E-state index contributed by atoms with van der Waals surface area (Å²) in [5, 5.41) is -0.248. The third-order valence-electron chi connectivity index (χ3n) is 3.61. The fourth-order valence-electron chi connectivity index (χ4n) is 2.42. The largest absolute Gasteiger partial charge is 0.497 e. The minimum atomic E-state index is -5.05. The maximum Gasteiger partial charge on any atom is 0.453 e. The Morgan fingerprint density at radius 3 is 2.10 bits per heavy atom. The van der Waals surface area contributed by atoms with Crippen LogP contribution in [0.25, 0.3) is 11.0 Å². The van der Waals surface area contributed by atoms with Crippen LogP contribution >= 0.6 is 0 Å². The van der Waals surface area contributed by atoms with Crippen LogP contribution < -0.4 is 19.1 Å². The Bertz CT molecular complexity index is 1210. The Hall–Kier alpha value is -3.21. The molecule has 2 aromatic carbocycles. The lowest BCUT2D eigenvalue weighted by molar-refractivity contribution is -0.154. The molecule has 0 saturated carbocycles. The second-order valence-electron chi connectivity index (χ2n) is 5.81. The average molecular weight is 430 g/mol. The summed E-state index contributed by atoms with van der Waals surface area (Å²) in [7, 11) is -2.51. The van der Waals surface area contributed by atoms with Crippen molar-refractivity contribution in [1.29, 1.82) is 0 Å². The van der Waals surface area contributed by atoms with E-state index in [1.165, 1.54) is 31.4 Å². The minimum Gasteiger partial charge on any atom is -0.497 e. The Morgan fingerprint density at radius 2 is 1.55 bits per heavy atom. The summed E-state index contributed by atoms with van der Waals surface area (Å²) in [6.45, 7) is 0. The topological polar surface area (TPSA) is 92.0 Å². The van der Waals surface area contributed by atoms with Gasteiger partial charge in [0, 0.05) is 6.07 Å². The number of ether oxygens (including phenoxy) is 2. The van der Waals surface area contributed by atoms with E-state index in [4.69, 9.17) is 13.9 Å². The van der Waals surface area contributed by atoms with Gasteiger partial charge in [0.1, 0.15) is 22.8 Å². The number of alkyl halides is 3. The lowest BCUT2D eigenvalue weighted by Gasteiger charge is -2.13. The molecule has 1 aromatic heterocycles. The Morgan fingerprint density at radius 1 is 0.966 bits per heavy atom. The maximum atomic E-state index is 13.5. The van der Waals surface area contributed by atoms with Gasteiger partial charge in [-0.3, -0.25) is 4.79 Å². The zero-order valence-corrected chi connectivity index (χ0v) is 15.8. The van der Waals surface area contributed by atoms with E-state index in [0.29, 0.717) is 5.75 Å². The van der Waals surface area contributed by atoms with E-state index in [0.717, 1.165) is 24.5 Å². The third-order valence-corrected chi connectivity index (χ3v) is 4.10. The molecule has 0 fully saturated rings. The Kier molecular flexibility index (Phi) is 5.18. The molecule has 0 spiro atoms. The van der Waals surface area contributed by atoms with Crippen molar-refractivity contribution in [1.82, 2.24) is 0 Å². The first-order valence-corrected chi connectivity index (χ1v) is 9.69. The molecule has 0 N–H and O–H groups in total. The van der Waals surface area contributed by atoms with E-state index in [-0.39, 0.29) is 16.9 Å². The fourth-order valence-corrected chi connectivity index (χ4v) is 2.88. The van der Waals surface area contributed by atoms with Gasteiger partial charge in [-0.15, -0.1) is 0 Å². The van der Waals surface area contributed by atoms with Crippen LogP contribution in [0.2, 0.25) is 0 Å². The number of methoxy groups -OCH3 is 1. The predicted octanol–water partition coefficient (Wildman–Crippen LogP) is 3.95. The summed E-state index contributed by atoms with van der Waals surface area (Å²) >= 11 is 0. The molecule has 0 radical (unpaired) electrons. The second kappa shape index (κ2) is 7.32. The van der Waals surface area contributed by atoms with E-state index in [1.807, 2.05) is 0 Å². The van der Waals surface area contributed by atoms with Gasteiger partial charge in [-0.1, -0.05) is 0 Å². The fraction of sp³-hybridized carbons (Fsp3) is 0.167. The summed E-state index contributed by atoms with van der Waals surface area (Å²) in [5.74, 6) is -2.62. The highest BCUT2D eigenvalue weighted by atomic mass is 32.2. The Labute approximate surface area is 162 Å². The molecule has 0 aliphatic heterocycles. The highest BCUT2D eigenvalue weighted by Gasteiger charge is 2.40. The molecule has 29 heavy (non-hydrogen) atoms. The van der Waals surface area contributed by atoms with E-state index < -0.39 is 38.8 Å². The second-order valence-corrected chi connectivity index (χ2v) is 7.39. The van der Waals surface area contributed by atoms with Crippen LogP contribution in [0.4, 0.5) is 13.2 Å². The van der Waals surface area contributed by atoms with E-state index in [1.54, 1.807) is 0 Å². The molecule has 3 aromatic rings. The van der Waals surface area contributed by atoms with Crippen LogP contribution in [-0.2, 0) is 16.3 Å². The number of halogens is 3. The van der Waals surface area contributed by atoms with Crippen molar-refractivity contribution in [2.45, 2.75) is 6.18 Å². The van der Waals surface area contributed by atoms with Crippen molar-refractivity contribution >= 4 is 21.1 Å². The molecule has 0 amide bonds. The molecule has 0 bridgehead atoms. The van der Waals surface area contributed by atoms with Gasteiger partial charge in [0.2, 0.25) is 11.2 Å². The van der Waals surface area contributed by atoms with Gasteiger partial charge in [0.15, 0.2) is 0 Å². The lowest BCUT2D eigenvalue weighted by Crippen LogP contribution is -2.15. The first-order valence-electron chi connectivity index (χ1n) is 7.87. The zero-order chi connectivity index (χ0) is 21.4.